The quantitative estimate of drug-likeness (QED) is 0.746. The van der Waals surface area contributed by atoms with E-state index in [1.807, 2.05) is 23.0 Å². The highest BCUT2D eigenvalue weighted by atomic mass is 32.1. The van der Waals surface area contributed by atoms with Crippen molar-refractivity contribution in [3.05, 3.63) is 40.3 Å². The lowest BCUT2D eigenvalue weighted by molar-refractivity contribution is 0.100. The Kier molecular flexibility index (Phi) is 3.89. The van der Waals surface area contributed by atoms with Crippen molar-refractivity contribution in [2.24, 2.45) is 5.73 Å². The summed E-state index contributed by atoms with van der Waals surface area (Å²) >= 11 is 1.54. The van der Waals surface area contributed by atoms with Crippen molar-refractivity contribution >= 4 is 17.2 Å². The number of carbonyl (C=O) groups is 1. The summed E-state index contributed by atoms with van der Waals surface area (Å²) in [6, 6.07) is 3.73. The number of carbonyl (C=O) groups excluding carboxylic acids is 1. The molecule has 0 saturated heterocycles. The number of nitrogens with one attached hydrogen (secondary N) is 1. The van der Waals surface area contributed by atoms with Gasteiger partial charge in [0.25, 0.3) is 0 Å². The van der Waals surface area contributed by atoms with E-state index in [0.29, 0.717) is 5.56 Å². The molecule has 17 heavy (non-hydrogen) atoms. The van der Waals surface area contributed by atoms with Gasteiger partial charge in [0.05, 0.1) is 12.1 Å². The molecule has 5 nitrogen and oxygen atoms in total. The predicted octanol–water partition coefficient (Wildman–Crippen LogP) is 0.833. The lowest BCUT2D eigenvalue weighted by Gasteiger charge is -2.03. The van der Waals surface area contributed by atoms with Crippen molar-refractivity contribution in [3.63, 3.8) is 0 Å². The van der Waals surface area contributed by atoms with Gasteiger partial charge in [0, 0.05) is 35.7 Å². The van der Waals surface area contributed by atoms with Gasteiger partial charge in [-0.2, -0.15) is 5.10 Å². The Bertz CT molecular complexity index is 477. The average molecular weight is 250 g/mol. The molecular formula is C11H14N4OS. The molecule has 2 aromatic heterocycles. The summed E-state index contributed by atoms with van der Waals surface area (Å²) in [7, 11) is 0. The molecule has 0 aliphatic rings. The Balaban J connectivity index is 1.72. The zero-order valence-electron chi connectivity index (χ0n) is 9.30. The normalized spacial score (nSPS) is 10.6. The minimum Gasteiger partial charge on any atom is -0.366 e. The second-order valence-electron chi connectivity index (χ2n) is 3.61. The number of hydrogen-bond donors (Lipinski definition) is 2. The SMILES string of the molecule is NC(=O)c1csc(CNCCn2cccn2)c1. The van der Waals surface area contributed by atoms with Gasteiger partial charge < -0.3 is 11.1 Å². The first-order valence-corrected chi connectivity index (χ1v) is 6.19. The van der Waals surface area contributed by atoms with Gasteiger partial charge in [0.2, 0.25) is 5.91 Å². The van der Waals surface area contributed by atoms with E-state index in [4.69, 9.17) is 5.73 Å². The minimum absolute atomic E-state index is 0.371. The molecule has 0 aromatic carbocycles. The average Bonchev–Trinajstić information content (AvgIpc) is 2.96. The fourth-order valence-corrected chi connectivity index (χ4v) is 2.28. The molecule has 1 amide bonds. The molecule has 0 aliphatic carbocycles. The number of amides is 1. The molecule has 90 valence electrons. The number of rotatable bonds is 6. The van der Waals surface area contributed by atoms with E-state index in [1.54, 1.807) is 22.9 Å². The number of aromatic nitrogens is 2. The van der Waals surface area contributed by atoms with E-state index in [-0.39, 0.29) is 5.91 Å². The summed E-state index contributed by atoms with van der Waals surface area (Å²) in [4.78, 5) is 12.0. The largest absolute Gasteiger partial charge is 0.366 e. The van der Waals surface area contributed by atoms with Crippen molar-refractivity contribution in [1.29, 1.82) is 0 Å². The summed E-state index contributed by atoms with van der Waals surface area (Å²) in [5.74, 6) is -0.371. The maximum Gasteiger partial charge on any atom is 0.249 e. The molecule has 0 spiro atoms. The van der Waals surface area contributed by atoms with Crippen molar-refractivity contribution in [1.82, 2.24) is 15.1 Å². The molecule has 0 atom stereocenters. The van der Waals surface area contributed by atoms with E-state index in [2.05, 4.69) is 10.4 Å². The van der Waals surface area contributed by atoms with Gasteiger partial charge in [0.1, 0.15) is 0 Å². The Morgan fingerprint density at radius 2 is 2.47 bits per heavy atom. The molecule has 6 heteroatoms. The van der Waals surface area contributed by atoms with Gasteiger partial charge >= 0.3 is 0 Å². The zero-order chi connectivity index (χ0) is 12.1. The maximum absolute atomic E-state index is 10.9. The van der Waals surface area contributed by atoms with E-state index < -0.39 is 0 Å². The lowest BCUT2D eigenvalue weighted by Crippen LogP contribution is -2.19. The van der Waals surface area contributed by atoms with Gasteiger partial charge in [-0.25, -0.2) is 0 Å². The van der Waals surface area contributed by atoms with E-state index in [9.17, 15) is 4.79 Å². The highest BCUT2D eigenvalue weighted by Crippen LogP contribution is 2.13. The topological polar surface area (TPSA) is 72.9 Å². The molecule has 0 bridgehead atoms. The molecule has 2 rings (SSSR count). The Labute approximate surface area is 103 Å². The molecule has 0 fully saturated rings. The van der Waals surface area contributed by atoms with Gasteiger partial charge in [0.15, 0.2) is 0 Å². The molecule has 0 unspecified atom stereocenters. The Morgan fingerprint density at radius 1 is 1.59 bits per heavy atom. The molecular weight excluding hydrogens is 236 g/mol. The van der Waals surface area contributed by atoms with Crippen molar-refractivity contribution in [2.75, 3.05) is 6.54 Å². The highest BCUT2D eigenvalue weighted by molar-refractivity contribution is 7.10. The summed E-state index contributed by atoms with van der Waals surface area (Å²) in [6.07, 6.45) is 3.69. The van der Waals surface area contributed by atoms with Crippen LogP contribution in [0.3, 0.4) is 0 Å². The van der Waals surface area contributed by atoms with Crippen LogP contribution in [0, 0.1) is 0 Å². The van der Waals surface area contributed by atoms with Crippen molar-refractivity contribution in [3.8, 4) is 0 Å². The molecule has 0 saturated carbocycles. The van der Waals surface area contributed by atoms with Crippen LogP contribution < -0.4 is 11.1 Å². The third-order valence-corrected chi connectivity index (χ3v) is 3.25. The Morgan fingerprint density at radius 3 is 3.12 bits per heavy atom. The number of nitrogens with zero attached hydrogens (tertiary/aromatic N) is 2. The summed E-state index contributed by atoms with van der Waals surface area (Å²) in [5.41, 5.74) is 5.76. The van der Waals surface area contributed by atoms with Gasteiger partial charge in [-0.15, -0.1) is 11.3 Å². The monoisotopic (exact) mass is 250 g/mol. The highest BCUT2D eigenvalue weighted by Gasteiger charge is 2.03. The van der Waals surface area contributed by atoms with E-state index in [0.717, 1.165) is 24.5 Å². The molecule has 2 heterocycles. The molecule has 0 aliphatic heterocycles. The van der Waals surface area contributed by atoms with Gasteiger partial charge in [-0.3, -0.25) is 9.48 Å². The summed E-state index contributed by atoms with van der Waals surface area (Å²) < 4.78 is 1.87. The first-order valence-electron chi connectivity index (χ1n) is 5.31. The van der Waals surface area contributed by atoms with Crippen LogP contribution in [0.25, 0.3) is 0 Å². The van der Waals surface area contributed by atoms with Gasteiger partial charge in [-0.05, 0) is 12.1 Å². The smallest absolute Gasteiger partial charge is 0.249 e. The van der Waals surface area contributed by atoms with Crippen molar-refractivity contribution < 1.29 is 4.79 Å². The Hall–Kier alpha value is -1.66. The van der Waals surface area contributed by atoms with E-state index >= 15 is 0 Å². The predicted molar refractivity (Wildman–Crippen MR) is 66.8 cm³/mol. The third kappa shape index (κ3) is 3.40. The zero-order valence-corrected chi connectivity index (χ0v) is 10.1. The van der Waals surface area contributed by atoms with Crippen LogP contribution in [0.1, 0.15) is 15.2 Å². The fraction of sp³-hybridized carbons (Fsp3) is 0.273. The summed E-state index contributed by atoms with van der Waals surface area (Å²) in [6.45, 7) is 2.42. The number of hydrogen-bond acceptors (Lipinski definition) is 4. The van der Waals surface area contributed by atoms with Gasteiger partial charge in [-0.1, -0.05) is 0 Å². The fourth-order valence-electron chi connectivity index (χ4n) is 1.44. The third-order valence-electron chi connectivity index (χ3n) is 2.31. The van der Waals surface area contributed by atoms with Crippen LogP contribution in [0.2, 0.25) is 0 Å². The second-order valence-corrected chi connectivity index (χ2v) is 4.61. The molecule has 3 N–H and O–H groups in total. The first-order chi connectivity index (χ1) is 8.25. The van der Waals surface area contributed by atoms with E-state index in [1.165, 1.54) is 0 Å². The van der Waals surface area contributed by atoms with Crippen LogP contribution >= 0.6 is 11.3 Å². The van der Waals surface area contributed by atoms with Crippen LogP contribution in [0.4, 0.5) is 0 Å². The van der Waals surface area contributed by atoms with Crippen LogP contribution in [-0.4, -0.2) is 22.2 Å². The maximum atomic E-state index is 10.9. The lowest BCUT2D eigenvalue weighted by atomic mass is 10.3. The van der Waals surface area contributed by atoms with Crippen LogP contribution in [0.15, 0.2) is 29.9 Å². The van der Waals surface area contributed by atoms with Crippen LogP contribution in [-0.2, 0) is 13.1 Å². The molecule has 2 aromatic rings. The number of thiophene rings is 1. The van der Waals surface area contributed by atoms with Crippen LogP contribution in [0.5, 0.6) is 0 Å². The molecule has 0 radical (unpaired) electrons. The summed E-state index contributed by atoms with van der Waals surface area (Å²) in [5, 5.41) is 9.18. The number of primary amides is 1. The van der Waals surface area contributed by atoms with Crippen molar-refractivity contribution in [2.45, 2.75) is 13.1 Å². The number of nitrogens with two attached hydrogens (primary N) is 1. The minimum atomic E-state index is -0.371. The standard InChI is InChI=1S/C11H14N4OS/c12-11(16)9-6-10(17-8-9)7-13-3-5-15-4-1-2-14-15/h1-2,4,6,8,13H,3,5,7H2,(H2,12,16). The first kappa shape index (κ1) is 11.8. The second kappa shape index (κ2) is 5.60.